The van der Waals surface area contributed by atoms with Crippen LogP contribution in [-0.2, 0) is 14.8 Å². The van der Waals surface area contributed by atoms with Crippen molar-refractivity contribution in [2.75, 3.05) is 24.2 Å². The van der Waals surface area contributed by atoms with Crippen molar-refractivity contribution in [1.29, 1.82) is 0 Å². The molecule has 0 aliphatic carbocycles. The molecule has 3 aromatic carbocycles. The zero-order valence-corrected chi connectivity index (χ0v) is 17.7. The van der Waals surface area contributed by atoms with Gasteiger partial charge >= 0.3 is 0 Å². The molecule has 7 heteroatoms. The summed E-state index contributed by atoms with van der Waals surface area (Å²) in [7, 11) is -1.85. The lowest BCUT2D eigenvalue weighted by molar-refractivity contribution is -0.123. The second kappa shape index (κ2) is 9.45. The first-order valence-corrected chi connectivity index (χ1v) is 11.3. The molecule has 30 heavy (non-hydrogen) atoms. The van der Waals surface area contributed by atoms with Gasteiger partial charge in [-0.2, -0.15) is 0 Å². The first-order valence-electron chi connectivity index (χ1n) is 9.40. The summed E-state index contributed by atoms with van der Waals surface area (Å²) in [5, 5.41) is 3.02. The minimum absolute atomic E-state index is 0.155. The van der Waals surface area contributed by atoms with Crippen molar-refractivity contribution in [3.8, 4) is 5.75 Å². The largest absolute Gasteiger partial charge is 0.484 e. The van der Waals surface area contributed by atoms with E-state index in [1.807, 2.05) is 60.7 Å². The van der Waals surface area contributed by atoms with E-state index in [0.29, 0.717) is 11.4 Å². The molecule has 0 fully saturated rings. The maximum Gasteiger partial charge on any atom is 0.258 e. The fourth-order valence-electron chi connectivity index (χ4n) is 2.95. The van der Waals surface area contributed by atoms with Gasteiger partial charge < -0.3 is 10.1 Å². The second-order valence-corrected chi connectivity index (χ2v) is 8.85. The first kappa shape index (κ1) is 21.4. The number of sulfonamides is 1. The van der Waals surface area contributed by atoms with E-state index in [1.165, 1.54) is 11.4 Å². The summed E-state index contributed by atoms with van der Waals surface area (Å²) in [4.78, 5) is 12.6. The number of hydrogen-bond donors (Lipinski definition) is 1. The van der Waals surface area contributed by atoms with Gasteiger partial charge in [-0.25, -0.2) is 8.42 Å². The van der Waals surface area contributed by atoms with Gasteiger partial charge in [0.05, 0.1) is 18.0 Å². The van der Waals surface area contributed by atoms with Crippen molar-refractivity contribution in [3.63, 3.8) is 0 Å². The van der Waals surface area contributed by atoms with Crippen LogP contribution in [-0.4, -0.2) is 34.2 Å². The topological polar surface area (TPSA) is 75.7 Å². The summed E-state index contributed by atoms with van der Waals surface area (Å²) < 4.78 is 30.0. The van der Waals surface area contributed by atoms with Crippen LogP contribution >= 0.6 is 0 Å². The Labute approximate surface area is 177 Å². The van der Waals surface area contributed by atoms with Crippen molar-refractivity contribution in [2.24, 2.45) is 0 Å². The van der Waals surface area contributed by atoms with E-state index < -0.39 is 10.0 Å². The van der Waals surface area contributed by atoms with Gasteiger partial charge in [-0.05, 0) is 35.4 Å². The third kappa shape index (κ3) is 5.61. The van der Waals surface area contributed by atoms with Gasteiger partial charge in [0.2, 0.25) is 10.0 Å². The van der Waals surface area contributed by atoms with Crippen LogP contribution in [0.2, 0.25) is 0 Å². The standard InChI is InChI=1S/C23H24N2O4S/c1-25(30(2,27)28)20-13-15-21(16-14-20)29-17-22(26)24-23(18-9-5-3-6-10-18)19-11-7-4-8-12-19/h3-16,23H,17H2,1-2H3,(H,24,26). The Kier molecular flexibility index (Phi) is 6.74. The normalized spacial score (nSPS) is 11.2. The number of anilines is 1. The van der Waals surface area contributed by atoms with E-state index >= 15 is 0 Å². The molecule has 6 nitrogen and oxygen atoms in total. The molecule has 156 valence electrons. The highest BCUT2D eigenvalue weighted by molar-refractivity contribution is 7.92. The number of carbonyl (C=O) groups excluding carboxylic acids is 1. The lowest BCUT2D eigenvalue weighted by atomic mass is 9.99. The van der Waals surface area contributed by atoms with E-state index in [1.54, 1.807) is 24.3 Å². The highest BCUT2D eigenvalue weighted by Gasteiger charge is 2.17. The summed E-state index contributed by atoms with van der Waals surface area (Å²) in [5.74, 6) is 0.219. The molecule has 0 spiro atoms. The quantitative estimate of drug-likeness (QED) is 0.602. The van der Waals surface area contributed by atoms with E-state index in [2.05, 4.69) is 5.32 Å². The van der Waals surface area contributed by atoms with Crippen molar-refractivity contribution in [1.82, 2.24) is 5.32 Å². The van der Waals surface area contributed by atoms with Gasteiger partial charge in [0.15, 0.2) is 6.61 Å². The zero-order valence-electron chi connectivity index (χ0n) is 16.9. The summed E-state index contributed by atoms with van der Waals surface area (Å²) >= 11 is 0. The Morgan fingerprint density at radius 1 is 0.900 bits per heavy atom. The van der Waals surface area contributed by atoms with Gasteiger partial charge in [0.25, 0.3) is 5.91 Å². The molecule has 0 heterocycles. The SMILES string of the molecule is CN(c1ccc(OCC(=O)NC(c2ccccc2)c2ccccc2)cc1)S(C)(=O)=O. The minimum Gasteiger partial charge on any atom is -0.484 e. The lowest BCUT2D eigenvalue weighted by Gasteiger charge is -2.20. The molecule has 0 saturated carbocycles. The number of nitrogens with one attached hydrogen (secondary N) is 1. The van der Waals surface area contributed by atoms with Crippen LogP contribution in [0.3, 0.4) is 0 Å². The number of ether oxygens (including phenoxy) is 1. The average molecular weight is 425 g/mol. The van der Waals surface area contributed by atoms with Crippen LogP contribution in [0.25, 0.3) is 0 Å². The number of benzene rings is 3. The van der Waals surface area contributed by atoms with Crippen molar-refractivity contribution >= 4 is 21.6 Å². The number of carbonyl (C=O) groups is 1. The Hall–Kier alpha value is -3.32. The van der Waals surface area contributed by atoms with Crippen LogP contribution in [0, 0.1) is 0 Å². The molecule has 3 rings (SSSR count). The lowest BCUT2D eigenvalue weighted by Crippen LogP contribution is -2.33. The molecule has 1 amide bonds. The molecule has 0 radical (unpaired) electrons. The van der Waals surface area contributed by atoms with Crippen molar-refractivity contribution in [3.05, 3.63) is 96.1 Å². The molecular weight excluding hydrogens is 400 g/mol. The Balaban J connectivity index is 1.65. The zero-order chi connectivity index (χ0) is 21.6. The molecule has 0 aliphatic rings. The molecule has 1 N–H and O–H groups in total. The summed E-state index contributed by atoms with van der Waals surface area (Å²) in [6.45, 7) is -0.155. The van der Waals surface area contributed by atoms with Crippen molar-refractivity contribution < 1.29 is 17.9 Å². The molecule has 3 aromatic rings. The number of rotatable bonds is 8. The van der Waals surface area contributed by atoms with Crippen molar-refractivity contribution in [2.45, 2.75) is 6.04 Å². The van der Waals surface area contributed by atoms with E-state index in [9.17, 15) is 13.2 Å². The Bertz CT molecular complexity index is 1030. The van der Waals surface area contributed by atoms with Crippen LogP contribution in [0.15, 0.2) is 84.9 Å². The first-order chi connectivity index (χ1) is 14.3. The Morgan fingerprint density at radius 3 is 1.87 bits per heavy atom. The number of hydrogen-bond acceptors (Lipinski definition) is 4. The van der Waals surface area contributed by atoms with E-state index in [-0.39, 0.29) is 18.6 Å². The third-order valence-electron chi connectivity index (χ3n) is 4.64. The van der Waals surface area contributed by atoms with E-state index in [4.69, 9.17) is 4.74 Å². The van der Waals surface area contributed by atoms with Crippen LogP contribution in [0.5, 0.6) is 5.75 Å². The smallest absolute Gasteiger partial charge is 0.258 e. The van der Waals surface area contributed by atoms with E-state index in [0.717, 1.165) is 17.4 Å². The molecule has 0 aromatic heterocycles. The monoisotopic (exact) mass is 424 g/mol. The fourth-order valence-corrected chi connectivity index (χ4v) is 3.45. The predicted octanol–water partition coefficient (Wildman–Crippen LogP) is 3.37. The van der Waals surface area contributed by atoms with Gasteiger partial charge in [-0.15, -0.1) is 0 Å². The molecule has 0 saturated heterocycles. The number of nitrogens with zero attached hydrogens (tertiary/aromatic N) is 1. The highest BCUT2D eigenvalue weighted by Crippen LogP contribution is 2.22. The second-order valence-electron chi connectivity index (χ2n) is 6.83. The molecule has 0 bridgehead atoms. The summed E-state index contributed by atoms with van der Waals surface area (Å²) in [6.07, 6.45) is 1.14. The summed E-state index contributed by atoms with van der Waals surface area (Å²) in [6, 6.07) is 25.7. The van der Waals surface area contributed by atoms with Gasteiger partial charge in [-0.3, -0.25) is 9.10 Å². The highest BCUT2D eigenvalue weighted by atomic mass is 32.2. The average Bonchev–Trinajstić information content (AvgIpc) is 2.76. The maximum absolute atomic E-state index is 12.6. The van der Waals surface area contributed by atoms with Crippen LogP contribution < -0.4 is 14.4 Å². The van der Waals surface area contributed by atoms with Crippen LogP contribution in [0.4, 0.5) is 5.69 Å². The summed E-state index contributed by atoms with van der Waals surface area (Å²) in [5.41, 5.74) is 2.47. The molecule has 0 aliphatic heterocycles. The Morgan fingerprint density at radius 2 is 1.40 bits per heavy atom. The number of amides is 1. The van der Waals surface area contributed by atoms with Gasteiger partial charge in [-0.1, -0.05) is 60.7 Å². The maximum atomic E-state index is 12.6. The van der Waals surface area contributed by atoms with Crippen LogP contribution in [0.1, 0.15) is 17.2 Å². The fraction of sp³-hybridized carbons (Fsp3) is 0.174. The molecule has 0 unspecified atom stereocenters. The minimum atomic E-state index is -3.33. The van der Waals surface area contributed by atoms with Gasteiger partial charge in [0, 0.05) is 7.05 Å². The molecular formula is C23H24N2O4S. The molecule has 0 atom stereocenters. The van der Waals surface area contributed by atoms with Gasteiger partial charge in [0.1, 0.15) is 5.75 Å². The predicted molar refractivity (Wildman–Crippen MR) is 118 cm³/mol. The third-order valence-corrected chi connectivity index (χ3v) is 5.84.